The number of carbonyl (C=O) groups excluding carboxylic acids is 1. The van der Waals surface area contributed by atoms with Gasteiger partial charge in [0.2, 0.25) is 5.91 Å². The highest BCUT2D eigenvalue weighted by atomic mass is 16.5. The highest BCUT2D eigenvalue weighted by molar-refractivity contribution is 5.80. The predicted octanol–water partition coefficient (Wildman–Crippen LogP) is 0.850. The molecule has 5 heteroatoms. The van der Waals surface area contributed by atoms with E-state index < -0.39 is 12.1 Å². The molecule has 0 saturated carbocycles. The molecule has 5 nitrogen and oxygen atoms in total. The fraction of sp³-hybridized carbons (Fsp3) is 0.429. The van der Waals surface area contributed by atoms with Gasteiger partial charge in [0.25, 0.3) is 0 Å². The topological polar surface area (TPSA) is 66.8 Å². The van der Waals surface area contributed by atoms with E-state index in [-0.39, 0.29) is 19.1 Å². The smallest absolute Gasteiger partial charge is 0.334 e. The van der Waals surface area contributed by atoms with E-state index in [0.29, 0.717) is 13.0 Å². The van der Waals surface area contributed by atoms with Gasteiger partial charge in [0, 0.05) is 6.54 Å². The van der Waals surface area contributed by atoms with Gasteiger partial charge in [-0.05, 0) is 12.5 Å². The van der Waals surface area contributed by atoms with Crippen molar-refractivity contribution in [2.75, 3.05) is 19.7 Å². The zero-order valence-electron chi connectivity index (χ0n) is 10.8. The van der Waals surface area contributed by atoms with Crippen molar-refractivity contribution in [2.24, 2.45) is 0 Å². The van der Waals surface area contributed by atoms with Crippen LogP contribution in [-0.2, 0) is 20.7 Å². The first-order chi connectivity index (χ1) is 9.06. The van der Waals surface area contributed by atoms with Gasteiger partial charge in [-0.1, -0.05) is 29.8 Å². The molecule has 19 heavy (non-hydrogen) atoms. The van der Waals surface area contributed by atoms with Gasteiger partial charge >= 0.3 is 5.97 Å². The molecule has 1 amide bonds. The van der Waals surface area contributed by atoms with Crippen LogP contribution < -0.4 is 0 Å². The van der Waals surface area contributed by atoms with Crippen molar-refractivity contribution in [2.45, 2.75) is 19.4 Å². The van der Waals surface area contributed by atoms with Crippen LogP contribution in [0.4, 0.5) is 0 Å². The molecular weight excluding hydrogens is 246 g/mol. The monoisotopic (exact) mass is 263 g/mol. The Morgan fingerprint density at radius 3 is 2.68 bits per heavy atom. The summed E-state index contributed by atoms with van der Waals surface area (Å²) < 4.78 is 5.09. The second-order valence-corrected chi connectivity index (χ2v) is 4.70. The first kappa shape index (κ1) is 13.5. The van der Waals surface area contributed by atoms with Crippen molar-refractivity contribution in [1.82, 2.24) is 4.90 Å². The van der Waals surface area contributed by atoms with E-state index in [1.807, 2.05) is 31.2 Å². The number of hydrogen-bond acceptors (Lipinski definition) is 3. The van der Waals surface area contributed by atoms with E-state index in [2.05, 4.69) is 0 Å². The van der Waals surface area contributed by atoms with Crippen molar-refractivity contribution in [1.29, 1.82) is 0 Å². The summed E-state index contributed by atoms with van der Waals surface area (Å²) in [7, 11) is 0. The summed E-state index contributed by atoms with van der Waals surface area (Å²) in [6, 6.07) is 7.76. The molecule has 0 spiro atoms. The van der Waals surface area contributed by atoms with Crippen molar-refractivity contribution in [3.63, 3.8) is 0 Å². The maximum Gasteiger partial charge on any atom is 0.334 e. The highest BCUT2D eigenvalue weighted by Crippen LogP contribution is 2.10. The van der Waals surface area contributed by atoms with E-state index in [1.165, 1.54) is 0 Å². The Hall–Kier alpha value is -1.88. The second kappa shape index (κ2) is 5.84. The highest BCUT2D eigenvalue weighted by Gasteiger charge is 2.28. The van der Waals surface area contributed by atoms with Crippen LogP contribution in [0.1, 0.15) is 11.1 Å². The van der Waals surface area contributed by atoms with Gasteiger partial charge < -0.3 is 14.7 Å². The maximum absolute atomic E-state index is 12.1. The molecule has 0 radical (unpaired) electrons. The minimum atomic E-state index is -1.02. The SMILES string of the molecule is Cc1ccc(CC(=O)N2CCO[C@@H](C(=O)O)C2)cc1. The molecule has 1 saturated heterocycles. The van der Waals surface area contributed by atoms with Crippen molar-refractivity contribution in [3.05, 3.63) is 35.4 Å². The molecule has 102 valence electrons. The Morgan fingerprint density at radius 1 is 1.37 bits per heavy atom. The van der Waals surface area contributed by atoms with Gasteiger partial charge in [0.15, 0.2) is 6.10 Å². The number of rotatable bonds is 3. The minimum Gasteiger partial charge on any atom is -0.479 e. The van der Waals surface area contributed by atoms with Crippen LogP contribution in [0.2, 0.25) is 0 Å². The van der Waals surface area contributed by atoms with Gasteiger partial charge in [-0.3, -0.25) is 4.79 Å². The number of aryl methyl sites for hydroxylation is 1. The lowest BCUT2D eigenvalue weighted by Crippen LogP contribution is -2.49. The Balaban J connectivity index is 1.96. The molecule has 0 aliphatic carbocycles. The molecule has 1 aliphatic rings. The van der Waals surface area contributed by atoms with Gasteiger partial charge in [0.1, 0.15) is 0 Å². The van der Waals surface area contributed by atoms with E-state index in [0.717, 1.165) is 11.1 Å². The molecule has 2 rings (SSSR count). The van der Waals surface area contributed by atoms with Crippen LogP contribution in [0, 0.1) is 6.92 Å². The number of amides is 1. The van der Waals surface area contributed by atoms with Gasteiger partial charge in [0.05, 0.1) is 19.6 Å². The number of carboxylic acid groups (broad SMARTS) is 1. The Kier molecular flexibility index (Phi) is 4.16. The summed E-state index contributed by atoms with van der Waals surface area (Å²) in [5.74, 6) is -1.08. The average molecular weight is 263 g/mol. The average Bonchev–Trinajstić information content (AvgIpc) is 2.41. The quantitative estimate of drug-likeness (QED) is 0.878. The van der Waals surface area contributed by atoms with Crippen molar-refractivity contribution >= 4 is 11.9 Å². The fourth-order valence-corrected chi connectivity index (χ4v) is 2.02. The summed E-state index contributed by atoms with van der Waals surface area (Å²) >= 11 is 0. The minimum absolute atomic E-state index is 0.0570. The van der Waals surface area contributed by atoms with E-state index >= 15 is 0 Å². The first-order valence-corrected chi connectivity index (χ1v) is 6.24. The molecule has 1 aromatic rings. The summed E-state index contributed by atoms with van der Waals surface area (Å²) in [6.07, 6.45) is -0.609. The Bertz CT molecular complexity index is 469. The van der Waals surface area contributed by atoms with Crippen molar-refractivity contribution < 1.29 is 19.4 Å². The molecule has 0 unspecified atom stereocenters. The normalized spacial score (nSPS) is 19.2. The Morgan fingerprint density at radius 2 is 2.05 bits per heavy atom. The third-order valence-corrected chi connectivity index (χ3v) is 3.17. The number of ether oxygens (including phenoxy) is 1. The molecule has 1 fully saturated rings. The van der Waals surface area contributed by atoms with E-state index in [1.54, 1.807) is 4.90 Å². The fourth-order valence-electron chi connectivity index (χ4n) is 2.02. The number of aliphatic carboxylic acids is 1. The van der Waals surface area contributed by atoms with Gasteiger partial charge in [-0.25, -0.2) is 4.79 Å². The number of hydrogen-bond donors (Lipinski definition) is 1. The van der Waals surface area contributed by atoms with Crippen LogP contribution in [0.5, 0.6) is 0 Å². The van der Waals surface area contributed by atoms with Crippen molar-refractivity contribution in [3.8, 4) is 0 Å². The lowest BCUT2D eigenvalue weighted by atomic mass is 10.1. The van der Waals surface area contributed by atoms with Crippen LogP contribution in [0.25, 0.3) is 0 Å². The van der Waals surface area contributed by atoms with E-state index in [9.17, 15) is 9.59 Å². The molecule has 1 heterocycles. The molecule has 1 aliphatic heterocycles. The molecule has 1 N–H and O–H groups in total. The number of morpholine rings is 1. The number of carbonyl (C=O) groups is 2. The van der Waals surface area contributed by atoms with Gasteiger partial charge in [-0.2, -0.15) is 0 Å². The summed E-state index contributed by atoms with van der Waals surface area (Å²) in [6.45, 7) is 2.84. The number of carboxylic acids is 1. The van der Waals surface area contributed by atoms with E-state index in [4.69, 9.17) is 9.84 Å². The zero-order valence-corrected chi connectivity index (χ0v) is 10.8. The predicted molar refractivity (Wildman–Crippen MR) is 68.8 cm³/mol. The first-order valence-electron chi connectivity index (χ1n) is 6.24. The van der Waals surface area contributed by atoms with Crippen LogP contribution in [0.15, 0.2) is 24.3 Å². The molecule has 1 aromatic carbocycles. The lowest BCUT2D eigenvalue weighted by Gasteiger charge is -2.31. The molecule has 1 atom stereocenters. The van der Waals surface area contributed by atoms with Crippen LogP contribution in [-0.4, -0.2) is 47.7 Å². The van der Waals surface area contributed by atoms with Crippen LogP contribution in [0.3, 0.4) is 0 Å². The largest absolute Gasteiger partial charge is 0.479 e. The number of nitrogens with zero attached hydrogens (tertiary/aromatic N) is 1. The van der Waals surface area contributed by atoms with Crippen LogP contribution >= 0.6 is 0 Å². The third kappa shape index (κ3) is 3.54. The number of benzene rings is 1. The maximum atomic E-state index is 12.1. The lowest BCUT2D eigenvalue weighted by molar-refractivity contribution is -0.159. The van der Waals surface area contributed by atoms with Gasteiger partial charge in [-0.15, -0.1) is 0 Å². The Labute approximate surface area is 111 Å². The summed E-state index contributed by atoms with van der Waals surface area (Å²) in [4.78, 5) is 24.5. The third-order valence-electron chi connectivity index (χ3n) is 3.17. The summed E-state index contributed by atoms with van der Waals surface area (Å²) in [5.41, 5.74) is 2.09. The standard InChI is InChI=1S/C14H17NO4/c1-10-2-4-11(5-3-10)8-13(16)15-6-7-19-12(9-15)14(17)18/h2-5,12H,6-9H2,1H3,(H,17,18)/t12-/m1/s1. The zero-order chi connectivity index (χ0) is 13.8. The molecule has 0 bridgehead atoms. The molecule has 0 aromatic heterocycles. The summed E-state index contributed by atoms with van der Waals surface area (Å²) in [5, 5.41) is 8.90. The molecular formula is C14H17NO4. The second-order valence-electron chi connectivity index (χ2n) is 4.70.